The number of fused-ring (bicyclic) bond motifs is 1. The highest BCUT2D eigenvalue weighted by atomic mass is 19.1. The molecule has 3 aliphatic rings. The van der Waals surface area contributed by atoms with E-state index < -0.39 is 12.3 Å². The SMILES string of the molecule is O=C(NCc1cccnc1)[C@H]1CC[C@@H]2[C@@H](CCN2C(=O)C2CC(F)C2)O1. The maximum Gasteiger partial charge on any atom is 0.249 e. The van der Waals surface area contributed by atoms with E-state index in [4.69, 9.17) is 4.74 Å². The van der Waals surface area contributed by atoms with E-state index in [1.54, 1.807) is 12.4 Å². The third kappa shape index (κ3) is 3.45. The number of likely N-dealkylation sites (tertiary alicyclic amines) is 1. The van der Waals surface area contributed by atoms with Gasteiger partial charge in [0.05, 0.1) is 12.1 Å². The van der Waals surface area contributed by atoms with E-state index in [2.05, 4.69) is 10.3 Å². The fraction of sp³-hybridized carbons (Fsp3) is 0.632. The Hall–Kier alpha value is -2.02. The number of carbonyl (C=O) groups is 2. The van der Waals surface area contributed by atoms with Gasteiger partial charge >= 0.3 is 0 Å². The van der Waals surface area contributed by atoms with Crippen LogP contribution in [0.1, 0.15) is 37.7 Å². The first-order chi connectivity index (χ1) is 12.6. The zero-order valence-corrected chi connectivity index (χ0v) is 14.6. The van der Waals surface area contributed by atoms with Crippen molar-refractivity contribution in [3.63, 3.8) is 0 Å². The third-order valence-corrected chi connectivity index (χ3v) is 5.74. The van der Waals surface area contributed by atoms with Crippen LogP contribution in [0.4, 0.5) is 4.39 Å². The minimum Gasteiger partial charge on any atom is -0.363 e. The van der Waals surface area contributed by atoms with Crippen LogP contribution in [0.25, 0.3) is 0 Å². The molecule has 7 heteroatoms. The molecule has 2 aliphatic heterocycles. The normalized spacial score (nSPS) is 33.3. The molecule has 0 radical (unpaired) electrons. The molecule has 2 saturated heterocycles. The molecule has 1 N–H and O–H groups in total. The van der Waals surface area contributed by atoms with Crippen LogP contribution < -0.4 is 5.32 Å². The second-order valence-electron chi connectivity index (χ2n) is 7.47. The lowest BCUT2D eigenvalue weighted by Gasteiger charge is -2.38. The molecule has 0 spiro atoms. The molecule has 3 fully saturated rings. The van der Waals surface area contributed by atoms with E-state index in [-0.39, 0.29) is 29.9 Å². The Labute approximate surface area is 152 Å². The lowest BCUT2D eigenvalue weighted by molar-refractivity contribution is -0.151. The molecular formula is C19H24FN3O3. The van der Waals surface area contributed by atoms with Gasteiger partial charge in [-0.1, -0.05) is 6.07 Å². The average Bonchev–Trinajstić information content (AvgIpc) is 3.07. The highest BCUT2D eigenvalue weighted by Gasteiger charge is 2.46. The van der Waals surface area contributed by atoms with Crippen molar-refractivity contribution in [2.45, 2.75) is 63.1 Å². The number of nitrogens with zero attached hydrogens (tertiary/aromatic N) is 2. The van der Waals surface area contributed by atoms with Crippen molar-refractivity contribution in [1.82, 2.24) is 15.2 Å². The van der Waals surface area contributed by atoms with Gasteiger partial charge in [0.1, 0.15) is 12.3 Å². The largest absolute Gasteiger partial charge is 0.363 e. The Bertz CT molecular complexity index is 665. The van der Waals surface area contributed by atoms with Gasteiger partial charge in [-0.3, -0.25) is 14.6 Å². The van der Waals surface area contributed by atoms with Crippen LogP contribution in [0.2, 0.25) is 0 Å². The lowest BCUT2D eigenvalue weighted by Crippen LogP contribution is -2.51. The zero-order valence-electron chi connectivity index (χ0n) is 14.6. The maximum absolute atomic E-state index is 13.0. The van der Waals surface area contributed by atoms with Crippen LogP contribution >= 0.6 is 0 Å². The Kier molecular flexibility index (Phi) is 4.89. The van der Waals surface area contributed by atoms with Crippen molar-refractivity contribution in [2.75, 3.05) is 6.54 Å². The van der Waals surface area contributed by atoms with Crippen molar-refractivity contribution in [1.29, 1.82) is 0 Å². The molecule has 26 heavy (non-hydrogen) atoms. The van der Waals surface area contributed by atoms with Crippen molar-refractivity contribution < 1.29 is 18.7 Å². The number of alkyl halides is 1. The summed E-state index contributed by atoms with van der Waals surface area (Å²) in [5.41, 5.74) is 0.943. The molecule has 1 aromatic heterocycles. The van der Waals surface area contributed by atoms with Crippen LogP contribution in [-0.4, -0.2) is 52.7 Å². The standard InChI is InChI=1S/C19H24FN3O3/c20-14-8-13(9-14)19(25)23-7-5-16-15(23)3-4-17(26-16)18(24)22-11-12-2-1-6-21-10-12/h1-2,6,10,13-17H,3-5,7-9,11H2,(H,22,24)/t13?,14?,15-,16-,17-/m1/s1. The summed E-state index contributed by atoms with van der Waals surface area (Å²) in [7, 11) is 0. The van der Waals surface area contributed by atoms with E-state index >= 15 is 0 Å². The number of nitrogens with one attached hydrogen (secondary N) is 1. The van der Waals surface area contributed by atoms with Gasteiger partial charge in [-0.15, -0.1) is 0 Å². The summed E-state index contributed by atoms with van der Waals surface area (Å²) in [6.07, 6.45) is 4.84. The minimum atomic E-state index is -0.821. The van der Waals surface area contributed by atoms with E-state index in [0.29, 0.717) is 32.4 Å². The first-order valence-corrected chi connectivity index (χ1v) is 9.38. The second-order valence-corrected chi connectivity index (χ2v) is 7.47. The van der Waals surface area contributed by atoms with Gasteiger partial charge in [0.25, 0.3) is 0 Å². The molecule has 3 heterocycles. The van der Waals surface area contributed by atoms with E-state index in [0.717, 1.165) is 18.4 Å². The smallest absolute Gasteiger partial charge is 0.249 e. The topological polar surface area (TPSA) is 71.5 Å². The summed E-state index contributed by atoms with van der Waals surface area (Å²) >= 11 is 0. The zero-order chi connectivity index (χ0) is 18.1. The number of aromatic nitrogens is 1. The molecule has 3 atom stereocenters. The first-order valence-electron chi connectivity index (χ1n) is 9.38. The molecule has 1 aromatic rings. The summed E-state index contributed by atoms with van der Waals surface area (Å²) in [5.74, 6) is -0.213. The Morgan fingerprint density at radius 3 is 2.88 bits per heavy atom. The molecule has 0 bridgehead atoms. The van der Waals surface area contributed by atoms with Crippen molar-refractivity contribution >= 4 is 11.8 Å². The summed E-state index contributed by atoms with van der Waals surface area (Å²) in [6.45, 7) is 1.07. The van der Waals surface area contributed by atoms with Crippen LogP contribution in [0.3, 0.4) is 0 Å². The van der Waals surface area contributed by atoms with Gasteiger partial charge in [0.2, 0.25) is 11.8 Å². The summed E-state index contributed by atoms with van der Waals surface area (Å²) < 4.78 is 19.0. The highest BCUT2D eigenvalue weighted by Crippen LogP contribution is 2.37. The lowest BCUT2D eigenvalue weighted by atomic mass is 9.82. The number of amides is 2. The van der Waals surface area contributed by atoms with E-state index in [1.807, 2.05) is 17.0 Å². The predicted molar refractivity (Wildman–Crippen MR) is 91.7 cm³/mol. The van der Waals surface area contributed by atoms with Crippen LogP contribution in [0, 0.1) is 5.92 Å². The number of hydrogen-bond donors (Lipinski definition) is 1. The first kappa shape index (κ1) is 17.4. The Morgan fingerprint density at radius 2 is 2.15 bits per heavy atom. The maximum atomic E-state index is 13.0. The number of pyridine rings is 1. The molecule has 140 valence electrons. The van der Waals surface area contributed by atoms with Gasteiger partial charge in [0.15, 0.2) is 0 Å². The van der Waals surface area contributed by atoms with Gasteiger partial charge in [-0.2, -0.15) is 0 Å². The monoisotopic (exact) mass is 361 g/mol. The van der Waals surface area contributed by atoms with Crippen LogP contribution in [-0.2, 0) is 20.9 Å². The number of halogens is 1. The minimum absolute atomic E-state index is 0.0311. The number of hydrogen-bond acceptors (Lipinski definition) is 4. The van der Waals surface area contributed by atoms with Gasteiger partial charge in [0, 0.05) is 31.4 Å². The van der Waals surface area contributed by atoms with E-state index in [9.17, 15) is 14.0 Å². The van der Waals surface area contributed by atoms with Crippen molar-refractivity contribution in [2.24, 2.45) is 5.92 Å². The molecule has 6 nitrogen and oxygen atoms in total. The quantitative estimate of drug-likeness (QED) is 0.884. The van der Waals surface area contributed by atoms with Gasteiger partial charge in [-0.25, -0.2) is 4.39 Å². The second kappa shape index (κ2) is 7.31. The highest BCUT2D eigenvalue weighted by molar-refractivity contribution is 5.82. The number of rotatable bonds is 4. The molecule has 4 rings (SSSR count). The number of carbonyl (C=O) groups excluding carboxylic acids is 2. The van der Waals surface area contributed by atoms with Crippen molar-refractivity contribution in [3.05, 3.63) is 30.1 Å². The molecule has 0 unspecified atom stereocenters. The number of ether oxygens (including phenoxy) is 1. The third-order valence-electron chi connectivity index (χ3n) is 5.74. The van der Waals surface area contributed by atoms with Crippen LogP contribution in [0.15, 0.2) is 24.5 Å². The summed E-state index contributed by atoms with van der Waals surface area (Å²) in [5, 5.41) is 2.90. The van der Waals surface area contributed by atoms with Crippen molar-refractivity contribution in [3.8, 4) is 0 Å². The van der Waals surface area contributed by atoms with Gasteiger partial charge in [-0.05, 0) is 43.7 Å². The van der Waals surface area contributed by atoms with Crippen LogP contribution in [0.5, 0.6) is 0 Å². The summed E-state index contributed by atoms with van der Waals surface area (Å²) in [6, 6.07) is 3.78. The fourth-order valence-electron chi connectivity index (χ4n) is 4.18. The van der Waals surface area contributed by atoms with E-state index in [1.165, 1.54) is 0 Å². The molecular weight excluding hydrogens is 337 g/mol. The Morgan fingerprint density at radius 1 is 1.31 bits per heavy atom. The predicted octanol–water partition coefficient (Wildman–Crippen LogP) is 1.59. The Balaban J connectivity index is 1.28. The molecule has 1 aliphatic carbocycles. The fourth-order valence-corrected chi connectivity index (χ4v) is 4.18. The van der Waals surface area contributed by atoms with Gasteiger partial charge < -0.3 is 15.0 Å². The summed E-state index contributed by atoms with van der Waals surface area (Å²) in [4.78, 5) is 30.8. The molecule has 1 saturated carbocycles. The average molecular weight is 361 g/mol. The molecule has 0 aromatic carbocycles. The molecule has 2 amide bonds.